The van der Waals surface area contributed by atoms with E-state index in [1.807, 2.05) is 0 Å². The summed E-state index contributed by atoms with van der Waals surface area (Å²) in [7, 11) is -1.54. The van der Waals surface area contributed by atoms with Gasteiger partial charge in [0, 0.05) is 73.9 Å². The number of nitrogens with two attached hydrogens (primary N) is 1. The fourth-order valence-electron chi connectivity index (χ4n) is 9.57. The van der Waals surface area contributed by atoms with Crippen molar-refractivity contribution in [3.8, 4) is 5.75 Å². The number of phenolic OH excluding ortho intramolecular Hbond substituents is 1. The normalized spacial score (nSPS) is 16.0. The average molecular weight is 1330 g/mol. The SMILES string of the molecule is CCC[C@H](NC(=O)C1CCCN1C(=O)[C@@H](NC(=O)[C@@H](NC(=O)[C@H](CCC(=O)O)NC(=O)[C@H](CCC(=O)O)NC(C)=O)C(C)C)C(C)C)C(=O)C(=O)NCC(=O)N[C@H](CCS(C)=O)C(=O)N[C@H](Cc1cnc[nH]1)C(=O)N[C@@H](Cc1ccc(O)cc1)C(=O)N[C@@H](CO)C(N)=O. The van der Waals surface area contributed by atoms with Crippen molar-refractivity contribution in [2.75, 3.05) is 31.7 Å². The standard InChI is InChI=1S/C58H86N14O20S/c1-8-10-35(65-55(88)42-11-9-21-72(42)58(91)47(30(4)5)71-56(89)46(29(2)3)70-52(85)37(17-19-45(79)80)66-50(83)36(63-31(6)74)16-18-44(77)78)48(81)57(90)61-26-43(76)64-38(20-22-93(7)92)51(84)68-40(24-33-25-60-28-62-33)54(87)67-39(23-32-12-14-34(75)15-13-32)53(86)69-41(27-73)49(59)82/h12-15,25,28-30,35-42,46-47,73,75H,8-11,16-24,26-27H2,1-7H3,(H2,59,82)(H,60,62)(H,61,90)(H,63,74)(H,64,76)(H,65,88)(H,66,83)(H,67,87)(H,68,84)(H,69,86)(H,70,85)(H,71,89)(H,77,78)(H,79,80)/t35-,36-,37-,38+,39-,40+,41-,42?,46-,47-,93?/m0/s1. The first-order chi connectivity index (χ1) is 43.8. The van der Waals surface area contributed by atoms with Crippen LogP contribution in [0.5, 0.6) is 5.75 Å². The molecule has 11 atom stereocenters. The van der Waals surface area contributed by atoms with Gasteiger partial charge < -0.3 is 89.2 Å². The average Bonchev–Trinajstić information content (AvgIpc) is 1.80. The molecule has 0 saturated carbocycles. The molecule has 1 saturated heterocycles. The topological polar surface area (TPSA) is 532 Å². The number of aromatic nitrogens is 2. The number of hydrogen-bond acceptors (Lipinski definition) is 19. The Hall–Kier alpha value is -9.41. The number of likely N-dealkylation sites (tertiary alicyclic amines) is 1. The molecule has 0 radical (unpaired) electrons. The number of imidazole rings is 1. The number of benzene rings is 1. The van der Waals surface area contributed by atoms with E-state index in [9.17, 15) is 91.4 Å². The van der Waals surface area contributed by atoms with Crippen LogP contribution in [-0.2, 0) is 95.6 Å². The molecule has 93 heavy (non-hydrogen) atoms. The number of amides is 12. The third-order valence-electron chi connectivity index (χ3n) is 14.6. The zero-order chi connectivity index (χ0) is 69.8. The Balaban J connectivity index is 1.76. The van der Waals surface area contributed by atoms with Crippen molar-refractivity contribution in [1.29, 1.82) is 0 Å². The number of nitrogens with zero attached hydrogens (tertiary/aromatic N) is 2. The molecule has 12 amide bonds. The number of ketones is 1. The highest BCUT2D eigenvalue weighted by molar-refractivity contribution is 7.84. The van der Waals surface area contributed by atoms with Crippen molar-refractivity contribution >= 4 is 99.4 Å². The molecule has 0 aliphatic carbocycles. The van der Waals surface area contributed by atoms with Crippen LogP contribution in [0.3, 0.4) is 0 Å². The molecule has 0 spiro atoms. The molecule has 1 aromatic heterocycles. The predicted octanol–water partition coefficient (Wildman–Crippen LogP) is -4.95. The lowest BCUT2D eigenvalue weighted by molar-refractivity contribution is -0.144. The van der Waals surface area contributed by atoms with E-state index in [0.29, 0.717) is 11.3 Å². The van der Waals surface area contributed by atoms with Crippen molar-refractivity contribution in [3.05, 3.63) is 48.0 Å². The molecule has 0 bridgehead atoms. The number of rotatable bonds is 40. The summed E-state index contributed by atoms with van der Waals surface area (Å²) in [5.41, 5.74) is 6.04. The molecule has 17 N–H and O–H groups in total. The molecule has 1 aliphatic heterocycles. The lowest BCUT2D eigenvalue weighted by Crippen LogP contribution is -2.61. The highest BCUT2D eigenvalue weighted by Gasteiger charge is 2.42. The number of carboxylic acid groups (broad SMARTS) is 2. The minimum absolute atomic E-state index is 0.0119. The van der Waals surface area contributed by atoms with E-state index in [4.69, 9.17) is 10.8 Å². The van der Waals surface area contributed by atoms with E-state index in [-0.39, 0.29) is 69.4 Å². The molecule has 2 heterocycles. The molecule has 1 aliphatic rings. The Labute approximate surface area is 537 Å². The van der Waals surface area contributed by atoms with Crippen molar-refractivity contribution in [2.24, 2.45) is 17.6 Å². The molecular weight excluding hydrogens is 1240 g/mol. The first-order valence-electron chi connectivity index (χ1n) is 30.0. The number of Topliss-reactive ketones (excluding diaryl/α,β-unsaturated/α-hetero) is 1. The van der Waals surface area contributed by atoms with Crippen LogP contribution in [0.25, 0.3) is 0 Å². The number of hydrogen-bond donors (Lipinski definition) is 16. The molecule has 35 heteroatoms. The molecular formula is C58H86N14O20S. The second-order valence-electron chi connectivity index (χ2n) is 22.8. The number of carbonyl (C=O) groups is 15. The van der Waals surface area contributed by atoms with Gasteiger partial charge in [-0.1, -0.05) is 53.2 Å². The summed E-state index contributed by atoms with van der Waals surface area (Å²) in [6, 6.07) is -9.06. The number of nitrogens with one attached hydrogen (secondary N) is 11. The van der Waals surface area contributed by atoms with Crippen LogP contribution in [0.15, 0.2) is 36.8 Å². The molecule has 1 aromatic carbocycles. The van der Waals surface area contributed by atoms with E-state index >= 15 is 0 Å². The van der Waals surface area contributed by atoms with Crippen LogP contribution >= 0.6 is 0 Å². The van der Waals surface area contributed by atoms with Gasteiger partial charge in [-0.25, -0.2) is 4.98 Å². The highest BCUT2D eigenvalue weighted by Crippen LogP contribution is 2.22. The third-order valence-corrected chi connectivity index (χ3v) is 15.4. The van der Waals surface area contributed by atoms with Crippen LogP contribution in [0.2, 0.25) is 0 Å². The van der Waals surface area contributed by atoms with Crippen LogP contribution < -0.4 is 58.9 Å². The van der Waals surface area contributed by atoms with Gasteiger partial charge in [0.15, 0.2) is 0 Å². The van der Waals surface area contributed by atoms with Crippen molar-refractivity contribution in [2.45, 2.75) is 173 Å². The van der Waals surface area contributed by atoms with Crippen LogP contribution in [0.1, 0.15) is 111 Å². The Bertz CT molecular complexity index is 3020. The molecule has 34 nitrogen and oxygen atoms in total. The van der Waals surface area contributed by atoms with Gasteiger partial charge >= 0.3 is 11.9 Å². The summed E-state index contributed by atoms with van der Waals surface area (Å²) >= 11 is 0. The van der Waals surface area contributed by atoms with Crippen molar-refractivity contribution in [1.82, 2.24) is 68.0 Å². The molecule has 2 aromatic rings. The second-order valence-corrected chi connectivity index (χ2v) is 24.4. The first kappa shape index (κ1) is 77.8. The third kappa shape index (κ3) is 26.4. The number of aliphatic carboxylic acids is 2. The Morgan fingerprint density at radius 2 is 1.17 bits per heavy atom. The van der Waals surface area contributed by atoms with E-state index in [2.05, 4.69) is 63.1 Å². The largest absolute Gasteiger partial charge is 0.508 e. The van der Waals surface area contributed by atoms with Crippen LogP contribution in [-0.4, -0.2) is 220 Å². The monoisotopic (exact) mass is 1330 g/mol. The number of aliphatic hydroxyl groups excluding tert-OH is 1. The maximum atomic E-state index is 14.4. The summed E-state index contributed by atoms with van der Waals surface area (Å²) in [5.74, 6) is -17.0. The Kier molecular flexibility index (Phi) is 32.2. The van der Waals surface area contributed by atoms with Gasteiger partial charge in [-0.3, -0.25) is 76.1 Å². The predicted molar refractivity (Wildman–Crippen MR) is 328 cm³/mol. The smallest absolute Gasteiger partial charge is 0.303 e. The molecule has 514 valence electrons. The Morgan fingerprint density at radius 1 is 0.656 bits per heavy atom. The molecule has 3 rings (SSSR count). The number of carboxylic acids is 2. The lowest BCUT2D eigenvalue weighted by Gasteiger charge is -2.33. The van der Waals surface area contributed by atoms with Crippen LogP contribution in [0.4, 0.5) is 0 Å². The van der Waals surface area contributed by atoms with Gasteiger partial charge in [0.1, 0.15) is 60.1 Å². The zero-order valence-corrected chi connectivity index (χ0v) is 53.5. The van der Waals surface area contributed by atoms with E-state index in [1.165, 1.54) is 47.9 Å². The summed E-state index contributed by atoms with van der Waals surface area (Å²) in [6.45, 7) is 7.22. The van der Waals surface area contributed by atoms with E-state index in [1.54, 1.807) is 34.6 Å². The number of aromatic amines is 1. The lowest BCUT2D eigenvalue weighted by atomic mass is 9.98. The van der Waals surface area contributed by atoms with E-state index in [0.717, 1.165) is 6.92 Å². The molecule has 2 unspecified atom stereocenters. The van der Waals surface area contributed by atoms with Crippen LogP contribution in [0, 0.1) is 11.8 Å². The second kappa shape index (κ2) is 38.4. The maximum absolute atomic E-state index is 14.4. The summed E-state index contributed by atoms with van der Waals surface area (Å²) in [4.78, 5) is 206. The first-order valence-corrected chi connectivity index (χ1v) is 31.7. The highest BCUT2D eigenvalue weighted by atomic mass is 32.2. The van der Waals surface area contributed by atoms with Crippen molar-refractivity contribution < 1.29 is 96.6 Å². The summed E-state index contributed by atoms with van der Waals surface area (Å²) < 4.78 is 12.3. The van der Waals surface area contributed by atoms with Gasteiger partial charge in [-0.05, 0) is 68.1 Å². The summed E-state index contributed by atoms with van der Waals surface area (Å²) in [5, 5.41) is 62.2. The number of H-pyrrole nitrogens is 1. The Morgan fingerprint density at radius 3 is 1.68 bits per heavy atom. The fourth-order valence-corrected chi connectivity index (χ4v) is 10.1. The number of aliphatic hydroxyl groups is 1. The van der Waals surface area contributed by atoms with Gasteiger partial charge in [-0.2, -0.15) is 0 Å². The summed E-state index contributed by atoms with van der Waals surface area (Å²) in [6.07, 6.45) is 1.60. The van der Waals surface area contributed by atoms with Gasteiger partial charge in [0.05, 0.1) is 25.5 Å². The number of carbonyl (C=O) groups excluding carboxylic acids is 13. The fraction of sp³-hybridized carbons (Fsp3) is 0.586. The van der Waals surface area contributed by atoms with Gasteiger partial charge in [-0.15, -0.1) is 0 Å². The molecule has 1 fully saturated rings. The minimum Gasteiger partial charge on any atom is -0.508 e. The minimum atomic E-state index is -1.60. The van der Waals surface area contributed by atoms with E-state index < -0.39 is 204 Å². The number of phenols is 1. The number of primary amides is 1. The zero-order valence-electron chi connectivity index (χ0n) is 52.7. The van der Waals surface area contributed by atoms with Gasteiger partial charge in [0.2, 0.25) is 70.8 Å². The quantitative estimate of drug-likeness (QED) is 0.0278. The maximum Gasteiger partial charge on any atom is 0.303 e. The van der Waals surface area contributed by atoms with Crippen molar-refractivity contribution in [3.63, 3.8) is 0 Å². The number of aromatic hydroxyl groups is 1. The van der Waals surface area contributed by atoms with Gasteiger partial charge in [0.25, 0.3) is 5.91 Å².